The second kappa shape index (κ2) is 9.55. The lowest BCUT2D eigenvalue weighted by Crippen LogP contribution is -2.60. The molecule has 3 rings (SSSR count). The number of aromatic nitrogens is 1. The highest BCUT2D eigenvalue weighted by Gasteiger charge is 2.38. The van der Waals surface area contributed by atoms with Crippen LogP contribution < -0.4 is 10.6 Å². The maximum absolute atomic E-state index is 5.66. The molecule has 0 aromatic carbocycles. The molecule has 2 fully saturated rings. The largest absolute Gasteiger partial charge is 0.444 e. The van der Waals surface area contributed by atoms with Crippen molar-refractivity contribution in [1.29, 1.82) is 0 Å². The van der Waals surface area contributed by atoms with Crippen molar-refractivity contribution >= 4 is 5.96 Å². The standard InChI is InChI=1S/C20H35N5O2/c1-4-21-19(22-14-18-24-16(2)17(3)27-18)23-15-20(8-6-5-7-9-20)25-10-12-26-13-11-25/h4-15H2,1-3H3,(H2,21,22,23). The number of aliphatic imine (C=N–C) groups is 1. The topological polar surface area (TPSA) is 74.9 Å². The maximum atomic E-state index is 5.66. The number of morpholine rings is 1. The molecule has 27 heavy (non-hydrogen) atoms. The summed E-state index contributed by atoms with van der Waals surface area (Å²) in [6, 6.07) is 0. The molecule has 7 nitrogen and oxygen atoms in total. The number of rotatable bonds is 6. The SMILES string of the molecule is CCNC(=NCc1nc(C)c(C)o1)NCC1(N2CCOCC2)CCCCC1. The minimum absolute atomic E-state index is 0.217. The molecule has 0 amide bonds. The van der Waals surface area contributed by atoms with Crippen LogP contribution >= 0.6 is 0 Å². The van der Waals surface area contributed by atoms with Gasteiger partial charge in [-0.15, -0.1) is 0 Å². The third kappa shape index (κ3) is 5.23. The van der Waals surface area contributed by atoms with E-state index in [1.807, 2.05) is 13.8 Å². The number of guanidine groups is 1. The van der Waals surface area contributed by atoms with Crippen molar-refractivity contribution in [2.24, 2.45) is 4.99 Å². The molecular weight excluding hydrogens is 342 g/mol. The smallest absolute Gasteiger partial charge is 0.216 e. The number of nitrogens with one attached hydrogen (secondary N) is 2. The first kappa shape index (κ1) is 20.1. The van der Waals surface area contributed by atoms with E-state index in [9.17, 15) is 0 Å². The van der Waals surface area contributed by atoms with Gasteiger partial charge in [-0.3, -0.25) is 4.90 Å². The van der Waals surface area contributed by atoms with Crippen LogP contribution in [0.25, 0.3) is 0 Å². The van der Waals surface area contributed by atoms with Gasteiger partial charge in [0, 0.05) is 31.7 Å². The Morgan fingerprint density at radius 2 is 1.89 bits per heavy atom. The van der Waals surface area contributed by atoms with Crippen LogP contribution in [0.5, 0.6) is 0 Å². The number of hydrogen-bond donors (Lipinski definition) is 2. The zero-order valence-electron chi connectivity index (χ0n) is 17.1. The summed E-state index contributed by atoms with van der Waals surface area (Å²) >= 11 is 0. The molecule has 0 spiro atoms. The van der Waals surface area contributed by atoms with E-state index >= 15 is 0 Å². The zero-order valence-corrected chi connectivity index (χ0v) is 17.1. The Bertz CT molecular complexity index is 596. The van der Waals surface area contributed by atoms with Crippen LogP contribution in [0.4, 0.5) is 0 Å². The average Bonchev–Trinajstić information content (AvgIpc) is 3.03. The normalized spacial score (nSPS) is 21.2. The molecular formula is C20H35N5O2. The van der Waals surface area contributed by atoms with Gasteiger partial charge in [0.1, 0.15) is 12.3 Å². The fourth-order valence-corrected chi connectivity index (χ4v) is 4.20. The van der Waals surface area contributed by atoms with Gasteiger partial charge < -0.3 is 19.8 Å². The molecule has 7 heteroatoms. The van der Waals surface area contributed by atoms with E-state index in [0.717, 1.165) is 56.8 Å². The maximum Gasteiger partial charge on any atom is 0.216 e. The first-order chi connectivity index (χ1) is 13.1. The van der Waals surface area contributed by atoms with Crippen molar-refractivity contribution in [3.63, 3.8) is 0 Å². The summed E-state index contributed by atoms with van der Waals surface area (Å²) in [6.45, 7) is 12.0. The molecule has 2 heterocycles. The Morgan fingerprint density at radius 3 is 2.52 bits per heavy atom. The van der Waals surface area contributed by atoms with Crippen molar-refractivity contribution in [3.05, 3.63) is 17.3 Å². The number of nitrogens with zero attached hydrogens (tertiary/aromatic N) is 3. The molecule has 0 radical (unpaired) electrons. The summed E-state index contributed by atoms with van der Waals surface area (Å²) in [5, 5.41) is 6.97. The van der Waals surface area contributed by atoms with Crippen LogP contribution in [-0.2, 0) is 11.3 Å². The van der Waals surface area contributed by atoms with Crippen LogP contribution in [-0.4, -0.2) is 60.8 Å². The molecule has 2 aliphatic rings. The van der Waals surface area contributed by atoms with E-state index in [-0.39, 0.29) is 5.54 Å². The van der Waals surface area contributed by atoms with Crippen molar-refractivity contribution in [1.82, 2.24) is 20.5 Å². The summed E-state index contributed by atoms with van der Waals surface area (Å²) in [7, 11) is 0. The summed E-state index contributed by atoms with van der Waals surface area (Å²) in [5.41, 5.74) is 1.15. The fourth-order valence-electron chi connectivity index (χ4n) is 4.20. The van der Waals surface area contributed by atoms with Gasteiger partial charge in [0.15, 0.2) is 5.96 Å². The first-order valence-corrected chi connectivity index (χ1v) is 10.4. The minimum Gasteiger partial charge on any atom is -0.444 e. The Morgan fingerprint density at radius 1 is 1.15 bits per heavy atom. The van der Waals surface area contributed by atoms with Crippen molar-refractivity contribution in [3.8, 4) is 0 Å². The Hall–Kier alpha value is -1.60. The van der Waals surface area contributed by atoms with Gasteiger partial charge in [0.05, 0.1) is 18.9 Å². The van der Waals surface area contributed by atoms with E-state index in [0.29, 0.717) is 12.4 Å². The van der Waals surface area contributed by atoms with Crippen LogP contribution in [0.2, 0.25) is 0 Å². The van der Waals surface area contributed by atoms with Gasteiger partial charge in [-0.2, -0.15) is 0 Å². The number of oxazole rings is 1. The van der Waals surface area contributed by atoms with E-state index in [1.165, 1.54) is 32.1 Å². The lowest BCUT2D eigenvalue weighted by atomic mass is 9.80. The predicted octanol–water partition coefficient (Wildman–Crippen LogP) is 2.38. The van der Waals surface area contributed by atoms with Crippen molar-refractivity contribution in [2.45, 2.75) is 65.0 Å². The molecule has 1 aliphatic carbocycles. The van der Waals surface area contributed by atoms with Crippen LogP contribution in [0, 0.1) is 13.8 Å². The van der Waals surface area contributed by atoms with Gasteiger partial charge in [-0.25, -0.2) is 9.98 Å². The van der Waals surface area contributed by atoms with E-state index < -0.39 is 0 Å². The molecule has 1 aromatic heterocycles. The summed E-state index contributed by atoms with van der Waals surface area (Å²) in [6.07, 6.45) is 6.46. The molecule has 0 bridgehead atoms. The molecule has 1 aromatic rings. The predicted molar refractivity (Wildman–Crippen MR) is 107 cm³/mol. The van der Waals surface area contributed by atoms with Gasteiger partial charge in [0.25, 0.3) is 0 Å². The highest BCUT2D eigenvalue weighted by molar-refractivity contribution is 5.79. The Kier molecular flexibility index (Phi) is 7.13. The molecule has 1 aliphatic heterocycles. The van der Waals surface area contributed by atoms with Crippen molar-refractivity contribution in [2.75, 3.05) is 39.4 Å². The van der Waals surface area contributed by atoms with E-state index in [2.05, 4.69) is 27.4 Å². The lowest BCUT2D eigenvalue weighted by molar-refractivity contribution is -0.0352. The summed E-state index contributed by atoms with van der Waals surface area (Å²) in [5.74, 6) is 2.37. The summed E-state index contributed by atoms with van der Waals surface area (Å²) < 4.78 is 11.2. The zero-order chi connectivity index (χ0) is 19.1. The highest BCUT2D eigenvalue weighted by Crippen LogP contribution is 2.33. The van der Waals surface area contributed by atoms with Crippen LogP contribution in [0.1, 0.15) is 56.4 Å². The second-order valence-electron chi connectivity index (χ2n) is 7.68. The molecule has 0 atom stereocenters. The van der Waals surface area contributed by atoms with Gasteiger partial charge in [0.2, 0.25) is 5.89 Å². The number of aryl methyl sites for hydroxylation is 2. The van der Waals surface area contributed by atoms with Crippen LogP contribution in [0.15, 0.2) is 9.41 Å². The lowest BCUT2D eigenvalue weighted by Gasteiger charge is -2.48. The van der Waals surface area contributed by atoms with Gasteiger partial charge >= 0.3 is 0 Å². The van der Waals surface area contributed by atoms with E-state index in [1.54, 1.807) is 0 Å². The highest BCUT2D eigenvalue weighted by atomic mass is 16.5. The Labute approximate surface area is 163 Å². The molecule has 0 unspecified atom stereocenters. The van der Waals surface area contributed by atoms with Crippen molar-refractivity contribution < 1.29 is 9.15 Å². The van der Waals surface area contributed by atoms with Gasteiger partial charge in [-0.1, -0.05) is 19.3 Å². The number of ether oxygens (including phenoxy) is 1. The number of hydrogen-bond acceptors (Lipinski definition) is 5. The first-order valence-electron chi connectivity index (χ1n) is 10.4. The second-order valence-corrected chi connectivity index (χ2v) is 7.68. The van der Waals surface area contributed by atoms with Crippen LogP contribution in [0.3, 0.4) is 0 Å². The Balaban J connectivity index is 1.65. The molecule has 2 N–H and O–H groups in total. The monoisotopic (exact) mass is 377 g/mol. The average molecular weight is 378 g/mol. The molecule has 152 valence electrons. The van der Waals surface area contributed by atoms with Gasteiger partial charge in [-0.05, 0) is 33.6 Å². The molecule has 1 saturated carbocycles. The minimum atomic E-state index is 0.217. The third-order valence-electron chi connectivity index (χ3n) is 5.84. The molecule has 1 saturated heterocycles. The quantitative estimate of drug-likeness (QED) is 0.586. The fraction of sp³-hybridized carbons (Fsp3) is 0.800. The third-order valence-corrected chi connectivity index (χ3v) is 5.84. The summed E-state index contributed by atoms with van der Waals surface area (Å²) in [4.78, 5) is 11.8. The van der Waals surface area contributed by atoms with E-state index in [4.69, 9.17) is 14.1 Å².